The van der Waals surface area contributed by atoms with Crippen molar-refractivity contribution in [2.75, 3.05) is 13.1 Å². The smallest absolute Gasteiger partial charge is 0.407 e. The van der Waals surface area contributed by atoms with Gasteiger partial charge in [0.2, 0.25) is 0 Å². The summed E-state index contributed by atoms with van der Waals surface area (Å²) < 4.78 is 5.19. The van der Waals surface area contributed by atoms with Gasteiger partial charge in [0.25, 0.3) is 0 Å². The molecule has 0 spiro atoms. The second kappa shape index (κ2) is 5.67. The van der Waals surface area contributed by atoms with Crippen molar-refractivity contribution in [2.24, 2.45) is 5.73 Å². The van der Waals surface area contributed by atoms with Crippen LogP contribution >= 0.6 is 11.3 Å². The van der Waals surface area contributed by atoms with E-state index in [2.05, 4.69) is 10.3 Å². The number of thiazole rings is 1. The van der Waals surface area contributed by atoms with Crippen molar-refractivity contribution in [3.8, 4) is 0 Å². The second-order valence-electron chi connectivity index (χ2n) is 5.49. The first kappa shape index (κ1) is 14.9. The largest absolute Gasteiger partial charge is 0.444 e. The summed E-state index contributed by atoms with van der Waals surface area (Å²) in [5, 5.41) is 2.76. The van der Waals surface area contributed by atoms with Crippen LogP contribution in [-0.4, -0.2) is 29.8 Å². The lowest BCUT2D eigenvalue weighted by atomic mass is 9.89. The van der Waals surface area contributed by atoms with Crippen LogP contribution in [0.15, 0.2) is 11.7 Å². The Morgan fingerprint density at radius 1 is 1.50 bits per heavy atom. The van der Waals surface area contributed by atoms with Crippen LogP contribution in [0, 0.1) is 0 Å². The Labute approximate surface area is 112 Å². The maximum atomic E-state index is 11.6. The summed E-state index contributed by atoms with van der Waals surface area (Å²) in [5.41, 5.74) is 6.76. The number of alkyl carbamates (subject to hydrolysis) is 1. The molecular formula is C12H21N3O2S. The van der Waals surface area contributed by atoms with Crippen LogP contribution in [0.2, 0.25) is 0 Å². The van der Waals surface area contributed by atoms with Gasteiger partial charge in [-0.3, -0.25) is 4.98 Å². The van der Waals surface area contributed by atoms with Gasteiger partial charge >= 0.3 is 6.09 Å². The van der Waals surface area contributed by atoms with Gasteiger partial charge in [0.05, 0.1) is 5.51 Å². The molecule has 102 valence electrons. The highest BCUT2D eigenvalue weighted by molar-refractivity contribution is 7.09. The number of carbonyl (C=O) groups excluding carboxylic acids is 1. The first-order chi connectivity index (χ1) is 8.27. The highest BCUT2D eigenvalue weighted by atomic mass is 32.1. The third-order valence-corrected chi connectivity index (χ3v) is 3.58. The Hall–Kier alpha value is -1.14. The standard InChI is InChI=1S/C12H21N3O2S/c1-11(2,3)17-10(16)15-7-12(4,6-13)9-5-14-8-18-9/h5,8H,6-7,13H2,1-4H3,(H,15,16). The molecule has 0 saturated carbocycles. The summed E-state index contributed by atoms with van der Waals surface area (Å²) in [7, 11) is 0. The van der Waals surface area contributed by atoms with Gasteiger partial charge in [0.1, 0.15) is 5.60 Å². The molecule has 0 aliphatic rings. The molecule has 0 saturated heterocycles. The Morgan fingerprint density at radius 2 is 2.17 bits per heavy atom. The molecular weight excluding hydrogens is 250 g/mol. The van der Waals surface area contributed by atoms with Crippen LogP contribution in [0.25, 0.3) is 0 Å². The van der Waals surface area contributed by atoms with E-state index in [0.29, 0.717) is 13.1 Å². The maximum Gasteiger partial charge on any atom is 0.407 e. The Morgan fingerprint density at radius 3 is 2.61 bits per heavy atom. The van der Waals surface area contributed by atoms with E-state index >= 15 is 0 Å². The van der Waals surface area contributed by atoms with Gasteiger partial charge in [-0.25, -0.2) is 4.79 Å². The van der Waals surface area contributed by atoms with Gasteiger partial charge in [0, 0.05) is 29.6 Å². The van der Waals surface area contributed by atoms with E-state index in [-0.39, 0.29) is 5.41 Å². The van der Waals surface area contributed by atoms with E-state index in [4.69, 9.17) is 10.5 Å². The predicted octanol–water partition coefficient (Wildman–Crippen LogP) is 1.88. The second-order valence-corrected chi connectivity index (χ2v) is 6.37. The fraction of sp³-hybridized carbons (Fsp3) is 0.667. The van der Waals surface area contributed by atoms with E-state index in [1.54, 1.807) is 11.7 Å². The van der Waals surface area contributed by atoms with Crippen molar-refractivity contribution in [3.05, 3.63) is 16.6 Å². The Bertz CT molecular complexity index is 387. The Kier molecular flexibility index (Phi) is 4.70. The van der Waals surface area contributed by atoms with Gasteiger partial charge in [-0.1, -0.05) is 6.92 Å². The van der Waals surface area contributed by atoms with Crippen LogP contribution in [0.4, 0.5) is 4.79 Å². The van der Waals surface area contributed by atoms with E-state index in [0.717, 1.165) is 4.88 Å². The molecule has 1 aromatic rings. The number of aromatic nitrogens is 1. The molecule has 1 aromatic heterocycles. The summed E-state index contributed by atoms with van der Waals surface area (Å²) in [6.07, 6.45) is 1.36. The predicted molar refractivity (Wildman–Crippen MR) is 72.8 cm³/mol. The van der Waals surface area contributed by atoms with E-state index in [1.165, 1.54) is 11.3 Å². The number of nitrogens with zero attached hydrogens (tertiary/aromatic N) is 1. The molecule has 6 heteroatoms. The van der Waals surface area contributed by atoms with Gasteiger partial charge in [-0.15, -0.1) is 11.3 Å². The molecule has 3 N–H and O–H groups in total. The number of amides is 1. The SMILES string of the molecule is CC(C)(C)OC(=O)NCC(C)(CN)c1cncs1. The lowest BCUT2D eigenvalue weighted by molar-refractivity contribution is 0.0517. The van der Waals surface area contributed by atoms with Gasteiger partial charge in [-0.2, -0.15) is 0 Å². The number of rotatable bonds is 4. The van der Waals surface area contributed by atoms with E-state index < -0.39 is 11.7 Å². The summed E-state index contributed by atoms with van der Waals surface area (Å²) in [6, 6.07) is 0. The van der Waals surface area contributed by atoms with Crippen LogP contribution in [0.5, 0.6) is 0 Å². The quantitative estimate of drug-likeness (QED) is 0.876. The molecule has 0 aliphatic carbocycles. The zero-order valence-electron chi connectivity index (χ0n) is 11.3. The molecule has 1 unspecified atom stereocenters. The molecule has 1 rings (SSSR count). The van der Waals surface area contributed by atoms with E-state index in [9.17, 15) is 4.79 Å². The Balaban J connectivity index is 2.58. The monoisotopic (exact) mass is 271 g/mol. The molecule has 1 atom stereocenters. The van der Waals surface area contributed by atoms with Crippen molar-refractivity contribution in [1.82, 2.24) is 10.3 Å². The van der Waals surface area contributed by atoms with Crippen LogP contribution < -0.4 is 11.1 Å². The molecule has 0 fully saturated rings. The highest BCUT2D eigenvalue weighted by Crippen LogP contribution is 2.25. The zero-order valence-corrected chi connectivity index (χ0v) is 12.1. The van der Waals surface area contributed by atoms with Crippen molar-refractivity contribution in [3.63, 3.8) is 0 Å². The number of ether oxygens (including phenoxy) is 1. The molecule has 0 aromatic carbocycles. The first-order valence-electron chi connectivity index (χ1n) is 5.83. The number of nitrogens with one attached hydrogen (secondary N) is 1. The molecule has 5 nitrogen and oxygen atoms in total. The molecule has 0 aliphatic heterocycles. The molecule has 1 amide bonds. The third-order valence-electron chi connectivity index (χ3n) is 2.50. The zero-order chi connectivity index (χ0) is 13.8. The summed E-state index contributed by atoms with van der Waals surface area (Å²) in [4.78, 5) is 16.7. The fourth-order valence-electron chi connectivity index (χ4n) is 1.36. The van der Waals surface area contributed by atoms with Gasteiger partial charge < -0.3 is 15.8 Å². The molecule has 0 radical (unpaired) electrons. The lowest BCUT2D eigenvalue weighted by Gasteiger charge is -2.27. The molecule has 0 bridgehead atoms. The van der Waals surface area contributed by atoms with E-state index in [1.807, 2.05) is 27.7 Å². The minimum Gasteiger partial charge on any atom is -0.444 e. The fourth-order valence-corrected chi connectivity index (χ4v) is 2.15. The topological polar surface area (TPSA) is 77.2 Å². The first-order valence-corrected chi connectivity index (χ1v) is 6.71. The highest BCUT2D eigenvalue weighted by Gasteiger charge is 2.28. The summed E-state index contributed by atoms with van der Waals surface area (Å²) in [5.74, 6) is 0. The average Bonchev–Trinajstić information content (AvgIpc) is 2.77. The third kappa shape index (κ3) is 4.27. The summed E-state index contributed by atoms with van der Waals surface area (Å²) >= 11 is 1.54. The van der Waals surface area contributed by atoms with Crippen LogP contribution in [-0.2, 0) is 10.2 Å². The minimum absolute atomic E-state index is 0.307. The summed E-state index contributed by atoms with van der Waals surface area (Å²) in [6.45, 7) is 8.36. The number of nitrogens with two attached hydrogens (primary N) is 1. The number of hydrogen-bond donors (Lipinski definition) is 2. The average molecular weight is 271 g/mol. The molecule has 18 heavy (non-hydrogen) atoms. The van der Waals surface area contributed by atoms with Crippen molar-refractivity contribution < 1.29 is 9.53 Å². The minimum atomic E-state index is -0.492. The number of carbonyl (C=O) groups is 1. The van der Waals surface area contributed by atoms with Crippen molar-refractivity contribution in [1.29, 1.82) is 0 Å². The normalized spacial score (nSPS) is 14.9. The van der Waals surface area contributed by atoms with Crippen LogP contribution in [0.1, 0.15) is 32.6 Å². The maximum absolute atomic E-state index is 11.6. The van der Waals surface area contributed by atoms with Crippen LogP contribution in [0.3, 0.4) is 0 Å². The molecule has 1 heterocycles. The van der Waals surface area contributed by atoms with Crippen molar-refractivity contribution >= 4 is 17.4 Å². The number of hydrogen-bond acceptors (Lipinski definition) is 5. The van der Waals surface area contributed by atoms with Gasteiger partial charge in [0.15, 0.2) is 0 Å². The van der Waals surface area contributed by atoms with Gasteiger partial charge in [-0.05, 0) is 20.8 Å². The lowest BCUT2D eigenvalue weighted by Crippen LogP contribution is -2.44. The van der Waals surface area contributed by atoms with Crippen molar-refractivity contribution in [2.45, 2.75) is 38.7 Å².